The molecule has 2 aromatic rings. The minimum absolute atomic E-state index is 0.154. The van der Waals surface area contributed by atoms with Gasteiger partial charge in [-0.3, -0.25) is 9.59 Å². The molecule has 2 amide bonds. The average Bonchev–Trinajstić information content (AvgIpc) is 2.61. The predicted octanol–water partition coefficient (Wildman–Crippen LogP) is 3.03. The molecule has 8 heteroatoms. The van der Waals surface area contributed by atoms with Crippen molar-refractivity contribution in [2.24, 2.45) is 0 Å². The number of hydrogen-bond donors (Lipinski definition) is 1. The van der Waals surface area contributed by atoms with Gasteiger partial charge in [0.1, 0.15) is 11.4 Å². The highest BCUT2D eigenvalue weighted by atomic mass is 35.5. The summed E-state index contributed by atoms with van der Waals surface area (Å²) in [6.07, 6.45) is 0. The molecule has 1 aromatic carbocycles. The second kappa shape index (κ2) is 8.03. The Labute approximate surface area is 161 Å². The van der Waals surface area contributed by atoms with Crippen LogP contribution in [0.4, 0.5) is 5.69 Å². The Balaban J connectivity index is 1.74. The normalized spacial score (nSPS) is 15.0. The maximum atomic E-state index is 12.6. The summed E-state index contributed by atoms with van der Waals surface area (Å²) in [5.74, 6) is -0.602. The summed E-state index contributed by atoms with van der Waals surface area (Å²) in [7, 11) is 2.02. The number of carbonyl (C=O) groups is 2. The Bertz CT molecular complexity index is 815. The van der Waals surface area contributed by atoms with Crippen LogP contribution in [0, 0.1) is 0 Å². The number of aromatic nitrogens is 1. The van der Waals surface area contributed by atoms with Crippen molar-refractivity contribution in [2.75, 3.05) is 38.5 Å². The van der Waals surface area contributed by atoms with Gasteiger partial charge >= 0.3 is 0 Å². The van der Waals surface area contributed by atoms with E-state index in [4.69, 9.17) is 23.2 Å². The molecule has 0 radical (unpaired) electrons. The van der Waals surface area contributed by atoms with Crippen LogP contribution >= 0.6 is 23.2 Å². The van der Waals surface area contributed by atoms with Crippen LogP contribution in [0.1, 0.15) is 21.0 Å². The number of benzene rings is 1. The Kier molecular flexibility index (Phi) is 5.76. The van der Waals surface area contributed by atoms with E-state index in [1.165, 1.54) is 0 Å². The maximum absolute atomic E-state index is 12.6. The average molecular weight is 393 g/mol. The molecule has 1 N–H and O–H groups in total. The van der Waals surface area contributed by atoms with Gasteiger partial charge in [0.2, 0.25) is 0 Å². The van der Waals surface area contributed by atoms with E-state index >= 15 is 0 Å². The largest absolute Gasteiger partial charge is 0.335 e. The van der Waals surface area contributed by atoms with E-state index in [-0.39, 0.29) is 17.3 Å². The van der Waals surface area contributed by atoms with Crippen LogP contribution in [0.2, 0.25) is 10.0 Å². The molecule has 0 unspecified atom stereocenters. The molecule has 1 aromatic heterocycles. The van der Waals surface area contributed by atoms with Crippen LogP contribution in [0.3, 0.4) is 0 Å². The Morgan fingerprint density at radius 2 is 1.62 bits per heavy atom. The van der Waals surface area contributed by atoms with E-state index in [2.05, 4.69) is 15.2 Å². The second-order valence-corrected chi connectivity index (χ2v) is 6.99. The molecular weight excluding hydrogens is 375 g/mol. The summed E-state index contributed by atoms with van der Waals surface area (Å²) in [4.78, 5) is 33.2. The van der Waals surface area contributed by atoms with Crippen molar-refractivity contribution in [3.8, 4) is 0 Å². The van der Waals surface area contributed by atoms with Gasteiger partial charge in [0, 0.05) is 41.9 Å². The molecule has 1 saturated heterocycles. The molecule has 0 saturated carbocycles. The minimum atomic E-state index is -0.434. The van der Waals surface area contributed by atoms with Crippen molar-refractivity contribution in [3.05, 3.63) is 57.8 Å². The highest BCUT2D eigenvalue weighted by Gasteiger charge is 2.22. The van der Waals surface area contributed by atoms with Crippen molar-refractivity contribution in [1.29, 1.82) is 0 Å². The zero-order chi connectivity index (χ0) is 18.7. The number of halogens is 2. The van der Waals surface area contributed by atoms with Crippen LogP contribution in [-0.2, 0) is 0 Å². The monoisotopic (exact) mass is 392 g/mol. The maximum Gasteiger partial charge on any atom is 0.274 e. The van der Waals surface area contributed by atoms with Crippen LogP contribution in [0.5, 0.6) is 0 Å². The molecule has 1 fully saturated rings. The third-order valence-corrected chi connectivity index (χ3v) is 4.55. The number of pyridine rings is 1. The number of likely N-dealkylation sites (N-methyl/N-ethyl adjacent to an activating group) is 1. The van der Waals surface area contributed by atoms with Gasteiger partial charge in [-0.25, -0.2) is 4.98 Å². The SMILES string of the molecule is CN1CCN(C(=O)c2cccc(C(=O)Nc3cc(Cl)cc(Cl)c3)n2)CC1. The molecule has 6 nitrogen and oxygen atoms in total. The molecule has 0 aliphatic carbocycles. The topological polar surface area (TPSA) is 65.5 Å². The molecule has 2 heterocycles. The van der Waals surface area contributed by atoms with Crippen molar-refractivity contribution >= 4 is 40.7 Å². The Hall–Kier alpha value is -2.15. The van der Waals surface area contributed by atoms with E-state index in [0.29, 0.717) is 28.8 Å². The van der Waals surface area contributed by atoms with Gasteiger partial charge < -0.3 is 15.1 Å². The highest BCUT2D eigenvalue weighted by molar-refractivity contribution is 6.35. The lowest BCUT2D eigenvalue weighted by atomic mass is 10.2. The molecular formula is C18H18Cl2N4O2. The van der Waals surface area contributed by atoms with Crippen LogP contribution in [0.15, 0.2) is 36.4 Å². The number of carbonyl (C=O) groups excluding carboxylic acids is 2. The molecule has 0 atom stereocenters. The van der Waals surface area contributed by atoms with Gasteiger partial charge in [0.05, 0.1) is 0 Å². The number of rotatable bonds is 3. The lowest BCUT2D eigenvalue weighted by molar-refractivity contribution is 0.0658. The van der Waals surface area contributed by atoms with E-state index in [1.807, 2.05) is 7.05 Å². The summed E-state index contributed by atoms with van der Waals surface area (Å²) in [6.45, 7) is 2.94. The molecule has 3 rings (SSSR count). The lowest BCUT2D eigenvalue weighted by Gasteiger charge is -2.32. The summed E-state index contributed by atoms with van der Waals surface area (Å²) < 4.78 is 0. The standard InChI is InChI=1S/C18H18Cl2N4O2/c1-23-5-7-24(8-6-23)18(26)16-4-2-3-15(22-16)17(25)21-14-10-12(19)9-13(20)11-14/h2-4,9-11H,5-8H2,1H3,(H,21,25). The summed E-state index contributed by atoms with van der Waals surface area (Å²) in [5, 5.41) is 3.52. The molecule has 136 valence electrons. The fraction of sp³-hybridized carbons (Fsp3) is 0.278. The van der Waals surface area contributed by atoms with Gasteiger partial charge in [-0.1, -0.05) is 29.3 Å². The van der Waals surface area contributed by atoms with Crippen LogP contribution < -0.4 is 5.32 Å². The van der Waals surface area contributed by atoms with Crippen molar-refractivity contribution < 1.29 is 9.59 Å². The number of nitrogens with one attached hydrogen (secondary N) is 1. The summed E-state index contributed by atoms with van der Waals surface area (Å²) >= 11 is 11.9. The third-order valence-electron chi connectivity index (χ3n) is 4.11. The fourth-order valence-corrected chi connectivity index (χ4v) is 3.20. The number of hydrogen-bond acceptors (Lipinski definition) is 4. The summed E-state index contributed by atoms with van der Waals surface area (Å²) in [5.41, 5.74) is 0.873. The first-order valence-electron chi connectivity index (χ1n) is 8.15. The van der Waals surface area contributed by atoms with E-state index in [1.54, 1.807) is 41.3 Å². The van der Waals surface area contributed by atoms with Gasteiger partial charge in [0.15, 0.2) is 0 Å². The van der Waals surface area contributed by atoms with Crippen LogP contribution in [-0.4, -0.2) is 59.8 Å². The number of anilines is 1. The first-order valence-corrected chi connectivity index (χ1v) is 8.90. The molecule has 26 heavy (non-hydrogen) atoms. The van der Waals surface area contributed by atoms with Gasteiger partial charge in [-0.15, -0.1) is 0 Å². The molecule has 0 bridgehead atoms. The second-order valence-electron chi connectivity index (χ2n) is 6.12. The zero-order valence-electron chi connectivity index (χ0n) is 14.2. The third kappa shape index (κ3) is 4.52. The van der Waals surface area contributed by atoms with E-state index in [0.717, 1.165) is 13.1 Å². The fourth-order valence-electron chi connectivity index (χ4n) is 2.67. The quantitative estimate of drug-likeness (QED) is 0.871. The van der Waals surface area contributed by atoms with Gasteiger partial charge in [-0.2, -0.15) is 0 Å². The van der Waals surface area contributed by atoms with E-state index in [9.17, 15) is 9.59 Å². The van der Waals surface area contributed by atoms with Crippen molar-refractivity contribution in [2.45, 2.75) is 0 Å². The minimum Gasteiger partial charge on any atom is -0.335 e. The number of amides is 2. The van der Waals surface area contributed by atoms with Crippen molar-refractivity contribution in [1.82, 2.24) is 14.8 Å². The smallest absolute Gasteiger partial charge is 0.274 e. The number of piperazine rings is 1. The Morgan fingerprint density at radius 1 is 1.00 bits per heavy atom. The molecule has 1 aliphatic rings. The molecule has 0 spiro atoms. The first kappa shape index (κ1) is 18.6. The van der Waals surface area contributed by atoms with Crippen LogP contribution in [0.25, 0.3) is 0 Å². The number of nitrogens with zero attached hydrogens (tertiary/aromatic N) is 3. The zero-order valence-corrected chi connectivity index (χ0v) is 15.7. The van der Waals surface area contributed by atoms with E-state index < -0.39 is 5.91 Å². The lowest BCUT2D eigenvalue weighted by Crippen LogP contribution is -2.47. The molecule has 1 aliphatic heterocycles. The predicted molar refractivity (Wildman–Crippen MR) is 102 cm³/mol. The van der Waals surface area contributed by atoms with Crippen molar-refractivity contribution in [3.63, 3.8) is 0 Å². The first-order chi connectivity index (χ1) is 12.4. The van der Waals surface area contributed by atoms with Gasteiger partial charge in [-0.05, 0) is 37.4 Å². The van der Waals surface area contributed by atoms with Gasteiger partial charge in [0.25, 0.3) is 11.8 Å². The highest BCUT2D eigenvalue weighted by Crippen LogP contribution is 2.22. The Morgan fingerprint density at radius 3 is 2.27 bits per heavy atom. The summed E-state index contributed by atoms with van der Waals surface area (Å²) in [6, 6.07) is 9.58.